The van der Waals surface area contributed by atoms with Gasteiger partial charge in [0.1, 0.15) is 5.75 Å². The van der Waals surface area contributed by atoms with Crippen molar-refractivity contribution in [3.05, 3.63) is 29.3 Å². The second kappa shape index (κ2) is 6.62. The van der Waals surface area contributed by atoms with Gasteiger partial charge in [0.2, 0.25) is 0 Å². The Morgan fingerprint density at radius 1 is 1.29 bits per heavy atom. The molecular weight excluding hydrogens is 216 g/mol. The molecule has 0 amide bonds. The van der Waals surface area contributed by atoms with E-state index in [0.29, 0.717) is 13.0 Å². The van der Waals surface area contributed by atoms with Gasteiger partial charge in [0.25, 0.3) is 0 Å². The third-order valence-electron chi connectivity index (χ3n) is 2.51. The summed E-state index contributed by atoms with van der Waals surface area (Å²) in [5.74, 6) is 0.819. The van der Waals surface area contributed by atoms with Gasteiger partial charge in [-0.25, -0.2) is 0 Å². The summed E-state index contributed by atoms with van der Waals surface area (Å²) >= 11 is 0. The van der Waals surface area contributed by atoms with Crippen LogP contribution in [0.3, 0.4) is 0 Å². The molecule has 0 aromatic heterocycles. The van der Waals surface area contributed by atoms with E-state index in [0.717, 1.165) is 16.9 Å². The minimum absolute atomic E-state index is 0.143. The molecule has 0 aliphatic rings. The van der Waals surface area contributed by atoms with E-state index in [2.05, 4.69) is 0 Å². The Labute approximate surface area is 103 Å². The minimum atomic E-state index is -0.493. The van der Waals surface area contributed by atoms with Gasteiger partial charge in [-0.1, -0.05) is 17.7 Å². The summed E-state index contributed by atoms with van der Waals surface area (Å²) in [7, 11) is 1.64. The van der Waals surface area contributed by atoms with Gasteiger partial charge in [0, 0.05) is 6.42 Å². The highest BCUT2D eigenvalue weighted by molar-refractivity contribution is 5.37. The maximum Gasteiger partial charge on any atom is 0.122 e. The average molecular weight is 238 g/mol. The molecule has 1 rings (SSSR count). The number of aliphatic hydroxyl groups is 1. The smallest absolute Gasteiger partial charge is 0.122 e. The van der Waals surface area contributed by atoms with E-state index in [1.807, 2.05) is 39.0 Å². The van der Waals surface area contributed by atoms with E-state index >= 15 is 0 Å². The maximum absolute atomic E-state index is 9.88. The topological polar surface area (TPSA) is 38.7 Å². The van der Waals surface area contributed by atoms with Gasteiger partial charge >= 0.3 is 0 Å². The number of benzene rings is 1. The van der Waals surface area contributed by atoms with E-state index in [4.69, 9.17) is 9.47 Å². The lowest BCUT2D eigenvalue weighted by atomic mass is 10.0. The second-order valence-electron chi connectivity index (χ2n) is 4.56. The van der Waals surface area contributed by atoms with Gasteiger partial charge in [-0.05, 0) is 32.4 Å². The summed E-state index contributed by atoms with van der Waals surface area (Å²) in [6.07, 6.45) is 0.203. The van der Waals surface area contributed by atoms with Crippen LogP contribution in [0.25, 0.3) is 0 Å². The predicted octanol–water partition coefficient (Wildman–Crippen LogP) is 2.33. The molecule has 0 radical (unpaired) electrons. The van der Waals surface area contributed by atoms with Gasteiger partial charge in [-0.2, -0.15) is 0 Å². The van der Waals surface area contributed by atoms with Crippen LogP contribution >= 0.6 is 0 Å². The first-order valence-electron chi connectivity index (χ1n) is 5.96. The zero-order valence-electron chi connectivity index (χ0n) is 11.1. The molecular formula is C14H22O3. The Morgan fingerprint density at radius 2 is 2.00 bits per heavy atom. The predicted molar refractivity (Wildman–Crippen MR) is 68.5 cm³/mol. The number of ether oxygens (including phenoxy) is 2. The number of aliphatic hydroxyl groups excluding tert-OH is 1. The Bertz CT molecular complexity index is 347. The molecule has 96 valence electrons. The lowest BCUT2D eigenvalue weighted by molar-refractivity contribution is 0.00603. The summed E-state index contributed by atoms with van der Waals surface area (Å²) in [5, 5.41) is 9.88. The van der Waals surface area contributed by atoms with Crippen LogP contribution < -0.4 is 4.74 Å². The van der Waals surface area contributed by atoms with Crippen molar-refractivity contribution in [1.82, 2.24) is 0 Å². The van der Waals surface area contributed by atoms with Crippen LogP contribution in [-0.4, -0.2) is 31.0 Å². The summed E-state index contributed by atoms with van der Waals surface area (Å²) in [6, 6.07) is 5.97. The van der Waals surface area contributed by atoms with Crippen molar-refractivity contribution in [2.45, 2.75) is 39.4 Å². The van der Waals surface area contributed by atoms with Crippen molar-refractivity contribution in [3.63, 3.8) is 0 Å². The number of hydrogen-bond donors (Lipinski definition) is 1. The molecule has 1 aromatic carbocycles. The number of methoxy groups -OCH3 is 1. The molecule has 0 aliphatic carbocycles. The number of aryl methyl sites for hydroxylation is 1. The second-order valence-corrected chi connectivity index (χ2v) is 4.56. The van der Waals surface area contributed by atoms with Gasteiger partial charge in [-0.3, -0.25) is 0 Å². The number of rotatable bonds is 6. The summed E-state index contributed by atoms with van der Waals surface area (Å²) < 4.78 is 10.7. The molecule has 1 unspecified atom stereocenters. The largest absolute Gasteiger partial charge is 0.496 e. The molecule has 1 atom stereocenters. The molecule has 0 fully saturated rings. The van der Waals surface area contributed by atoms with Crippen molar-refractivity contribution in [3.8, 4) is 5.75 Å². The van der Waals surface area contributed by atoms with E-state index in [1.165, 1.54) is 0 Å². The molecule has 1 N–H and O–H groups in total. The highest BCUT2D eigenvalue weighted by Crippen LogP contribution is 2.21. The zero-order chi connectivity index (χ0) is 12.8. The van der Waals surface area contributed by atoms with Gasteiger partial charge in [0.05, 0.1) is 25.9 Å². The molecule has 0 saturated carbocycles. The molecule has 0 saturated heterocycles. The average Bonchev–Trinajstić information content (AvgIpc) is 2.27. The minimum Gasteiger partial charge on any atom is -0.496 e. The maximum atomic E-state index is 9.88. The lowest BCUT2D eigenvalue weighted by Gasteiger charge is -2.15. The summed E-state index contributed by atoms with van der Waals surface area (Å²) in [4.78, 5) is 0. The Balaban J connectivity index is 2.63. The van der Waals surface area contributed by atoms with Crippen LogP contribution in [0.1, 0.15) is 25.0 Å². The van der Waals surface area contributed by atoms with Gasteiger partial charge < -0.3 is 14.6 Å². The summed E-state index contributed by atoms with van der Waals surface area (Å²) in [6.45, 7) is 6.30. The molecule has 17 heavy (non-hydrogen) atoms. The molecule has 0 heterocycles. The molecule has 1 aromatic rings. The SMILES string of the molecule is COc1ccc(C)cc1CC(O)COC(C)C. The van der Waals surface area contributed by atoms with Crippen molar-refractivity contribution < 1.29 is 14.6 Å². The monoisotopic (exact) mass is 238 g/mol. The molecule has 0 bridgehead atoms. The fourth-order valence-corrected chi connectivity index (χ4v) is 1.68. The Kier molecular flexibility index (Phi) is 5.45. The quantitative estimate of drug-likeness (QED) is 0.826. The number of hydrogen-bond acceptors (Lipinski definition) is 3. The first-order chi connectivity index (χ1) is 8.02. The fraction of sp³-hybridized carbons (Fsp3) is 0.571. The first kappa shape index (κ1) is 14.0. The fourth-order valence-electron chi connectivity index (χ4n) is 1.68. The standard InChI is InChI=1S/C14H22O3/c1-10(2)17-9-13(15)8-12-7-11(3)5-6-14(12)16-4/h5-7,10,13,15H,8-9H2,1-4H3. The van der Waals surface area contributed by atoms with Crippen molar-refractivity contribution in [2.24, 2.45) is 0 Å². The van der Waals surface area contributed by atoms with E-state index < -0.39 is 6.10 Å². The van der Waals surface area contributed by atoms with Crippen molar-refractivity contribution in [1.29, 1.82) is 0 Å². The van der Waals surface area contributed by atoms with Crippen molar-refractivity contribution in [2.75, 3.05) is 13.7 Å². The Hall–Kier alpha value is -1.06. The highest BCUT2D eigenvalue weighted by Gasteiger charge is 2.11. The molecule has 0 spiro atoms. The zero-order valence-corrected chi connectivity index (χ0v) is 11.1. The van der Waals surface area contributed by atoms with Crippen LogP contribution in [0.5, 0.6) is 5.75 Å². The van der Waals surface area contributed by atoms with E-state index in [9.17, 15) is 5.11 Å². The van der Waals surface area contributed by atoms with Crippen molar-refractivity contribution >= 4 is 0 Å². The first-order valence-corrected chi connectivity index (χ1v) is 5.96. The molecule has 3 heteroatoms. The third-order valence-corrected chi connectivity index (χ3v) is 2.51. The van der Waals surface area contributed by atoms with Gasteiger partial charge in [0.15, 0.2) is 0 Å². The van der Waals surface area contributed by atoms with Crippen LogP contribution in [0.2, 0.25) is 0 Å². The molecule has 3 nitrogen and oxygen atoms in total. The lowest BCUT2D eigenvalue weighted by Crippen LogP contribution is -2.21. The normalized spacial score (nSPS) is 12.8. The third kappa shape index (κ3) is 4.75. The van der Waals surface area contributed by atoms with Crippen LogP contribution in [0, 0.1) is 6.92 Å². The highest BCUT2D eigenvalue weighted by atomic mass is 16.5. The van der Waals surface area contributed by atoms with E-state index in [-0.39, 0.29) is 6.10 Å². The van der Waals surface area contributed by atoms with E-state index in [1.54, 1.807) is 7.11 Å². The van der Waals surface area contributed by atoms with Crippen LogP contribution in [0.4, 0.5) is 0 Å². The summed E-state index contributed by atoms with van der Waals surface area (Å²) in [5.41, 5.74) is 2.19. The Morgan fingerprint density at radius 3 is 2.59 bits per heavy atom. The van der Waals surface area contributed by atoms with Crippen LogP contribution in [-0.2, 0) is 11.2 Å². The molecule has 0 aliphatic heterocycles. The van der Waals surface area contributed by atoms with Crippen LogP contribution in [0.15, 0.2) is 18.2 Å². The van der Waals surface area contributed by atoms with Gasteiger partial charge in [-0.15, -0.1) is 0 Å².